The van der Waals surface area contributed by atoms with Crippen LogP contribution in [0.3, 0.4) is 0 Å². The van der Waals surface area contributed by atoms with Gasteiger partial charge in [0.2, 0.25) is 0 Å². The van der Waals surface area contributed by atoms with Crippen LogP contribution in [0.25, 0.3) is 0 Å². The first-order chi connectivity index (χ1) is 6.97. The molecule has 0 aromatic heterocycles. The van der Waals surface area contributed by atoms with Gasteiger partial charge in [-0.3, -0.25) is 0 Å². The molecular weight excluding hydrogens is 198 g/mol. The Labute approximate surface area is 87.7 Å². The Morgan fingerprint density at radius 1 is 1.27 bits per heavy atom. The zero-order valence-electron chi connectivity index (χ0n) is 8.85. The molecule has 1 aromatic rings. The lowest BCUT2D eigenvalue weighted by molar-refractivity contribution is 0.146. The Balaban J connectivity index is 2.54. The number of rotatable bonds is 2. The third-order valence-electron chi connectivity index (χ3n) is 3.27. The highest BCUT2D eigenvalue weighted by atomic mass is 19.1. The van der Waals surface area contributed by atoms with E-state index in [0.29, 0.717) is 18.4 Å². The summed E-state index contributed by atoms with van der Waals surface area (Å²) in [5.41, 5.74) is -0.0553. The highest BCUT2D eigenvalue weighted by Gasteiger charge is 2.51. The van der Waals surface area contributed by atoms with Crippen molar-refractivity contribution in [2.24, 2.45) is 0 Å². The minimum atomic E-state index is -0.704. The van der Waals surface area contributed by atoms with Crippen LogP contribution in [-0.4, -0.2) is 11.2 Å². The molecule has 1 saturated carbocycles. The average Bonchev–Trinajstić information content (AvgIpc) is 2.83. The van der Waals surface area contributed by atoms with E-state index in [2.05, 4.69) is 0 Å². The van der Waals surface area contributed by atoms with Crippen LogP contribution in [-0.2, 0) is 5.41 Å². The van der Waals surface area contributed by atoms with Crippen LogP contribution >= 0.6 is 0 Å². The number of aliphatic hydroxyl groups excluding tert-OH is 1. The molecule has 82 valence electrons. The third kappa shape index (κ3) is 1.55. The van der Waals surface area contributed by atoms with Crippen LogP contribution in [0.15, 0.2) is 12.1 Å². The van der Waals surface area contributed by atoms with Crippen molar-refractivity contribution in [2.45, 2.75) is 38.2 Å². The lowest BCUT2D eigenvalue weighted by Crippen LogP contribution is -2.25. The molecule has 15 heavy (non-hydrogen) atoms. The molecule has 0 radical (unpaired) electrons. The highest BCUT2D eigenvalue weighted by molar-refractivity contribution is 5.37. The summed E-state index contributed by atoms with van der Waals surface area (Å²) in [6.45, 7) is 3.24. The maximum atomic E-state index is 13.7. The average molecular weight is 212 g/mol. The van der Waals surface area contributed by atoms with E-state index < -0.39 is 23.2 Å². The number of hydrogen-bond acceptors (Lipinski definition) is 1. The molecule has 1 nitrogen and oxygen atoms in total. The van der Waals surface area contributed by atoms with Crippen molar-refractivity contribution in [1.29, 1.82) is 0 Å². The lowest BCUT2D eigenvalue weighted by Gasteiger charge is -2.20. The monoisotopic (exact) mass is 212 g/mol. The first-order valence-corrected chi connectivity index (χ1v) is 5.11. The molecular formula is C12H14F2O. The molecule has 1 fully saturated rings. The summed E-state index contributed by atoms with van der Waals surface area (Å²) in [4.78, 5) is 0. The van der Waals surface area contributed by atoms with E-state index in [0.717, 1.165) is 0 Å². The topological polar surface area (TPSA) is 20.2 Å². The standard InChI is InChI=1S/C12H14F2O/c1-7-5-9(13)11(10(14)6-7)12(3-4-12)8(2)15/h5-6,8,15H,3-4H2,1-2H3. The Morgan fingerprint density at radius 2 is 1.73 bits per heavy atom. The number of hydrogen-bond donors (Lipinski definition) is 1. The van der Waals surface area contributed by atoms with Crippen LogP contribution < -0.4 is 0 Å². The fourth-order valence-electron chi connectivity index (χ4n) is 2.19. The minimum Gasteiger partial charge on any atom is -0.392 e. The number of aryl methyl sites for hydroxylation is 1. The summed E-state index contributed by atoms with van der Waals surface area (Å²) in [5.74, 6) is -1.07. The van der Waals surface area contributed by atoms with Crippen molar-refractivity contribution in [3.05, 3.63) is 34.9 Å². The summed E-state index contributed by atoms with van der Waals surface area (Å²) < 4.78 is 27.3. The molecule has 1 aliphatic rings. The van der Waals surface area contributed by atoms with E-state index in [1.807, 2.05) is 0 Å². The van der Waals surface area contributed by atoms with E-state index >= 15 is 0 Å². The van der Waals surface area contributed by atoms with Gasteiger partial charge in [-0.25, -0.2) is 8.78 Å². The summed E-state index contributed by atoms with van der Waals surface area (Å²) in [7, 11) is 0. The summed E-state index contributed by atoms with van der Waals surface area (Å²) in [6.07, 6.45) is 0.604. The van der Waals surface area contributed by atoms with Crippen molar-refractivity contribution in [2.75, 3.05) is 0 Å². The first-order valence-electron chi connectivity index (χ1n) is 5.11. The van der Waals surface area contributed by atoms with Crippen LogP contribution in [0.5, 0.6) is 0 Å². The van der Waals surface area contributed by atoms with Gasteiger partial charge in [0.25, 0.3) is 0 Å². The summed E-state index contributed by atoms with van der Waals surface area (Å²) in [6, 6.07) is 2.64. The van der Waals surface area contributed by atoms with E-state index in [-0.39, 0.29) is 5.56 Å². The van der Waals surface area contributed by atoms with Crippen molar-refractivity contribution in [3.63, 3.8) is 0 Å². The molecule has 0 spiro atoms. The molecule has 1 atom stereocenters. The van der Waals surface area contributed by atoms with Crippen molar-refractivity contribution < 1.29 is 13.9 Å². The first kappa shape index (κ1) is 10.6. The normalized spacial score (nSPS) is 20.1. The second-order valence-electron chi connectivity index (χ2n) is 4.44. The molecule has 1 unspecified atom stereocenters. The van der Waals surface area contributed by atoms with Gasteiger partial charge in [-0.1, -0.05) is 0 Å². The number of aliphatic hydroxyl groups is 1. The highest BCUT2D eigenvalue weighted by Crippen LogP contribution is 2.52. The maximum Gasteiger partial charge on any atom is 0.130 e. The van der Waals surface area contributed by atoms with Gasteiger partial charge in [0, 0.05) is 11.0 Å². The summed E-state index contributed by atoms with van der Waals surface area (Å²) >= 11 is 0. The predicted octanol–water partition coefficient (Wildman–Crippen LogP) is 2.69. The molecule has 0 aliphatic heterocycles. The third-order valence-corrected chi connectivity index (χ3v) is 3.27. The van der Waals surface area contributed by atoms with Gasteiger partial charge in [0.1, 0.15) is 11.6 Å². The van der Waals surface area contributed by atoms with Crippen molar-refractivity contribution >= 4 is 0 Å². The predicted molar refractivity (Wildman–Crippen MR) is 53.7 cm³/mol. The zero-order valence-corrected chi connectivity index (χ0v) is 8.85. The Morgan fingerprint density at radius 3 is 2.07 bits per heavy atom. The van der Waals surface area contributed by atoms with Gasteiger partial charge >= 0.3 is 0 Å². The second kappa shape index (κ2) is 3.27. The van der Waals surface area contributed by atoms with Crippen molar-refractivity contribution in [1.82, 2.24) is 0 Å². The molecule has 0 heterocycles. The molecule has 2 rings (SSSR count). The zero-order chi connectivity index (χ0) is 11.2. The second-order valence-corrected chi connectivity index (χ2v) is 4.44. The van der Waals surface area contributed by atoms with E-state index in [1.165, 1.54) is 12.1 Å². The van der Waals surface area contributed by atoms with Crippen LogP contribution in [0.1, 0.15) is 30.9 Å². The molecule has 0 amide bonds. The maximum absolute atomic E-state index is 13.7. The van der Waals surface area contributed by atoms with Gasteiger partial charge in [0.05, 0.1) is 6.10 Å². The Bertz CT molecular complexity index is 372. The molecule has 1 aliphatic carbocycles. The number of halogens is 2. The molecule has 1 aromatic carbocycles. The van der Waals surface area contributed by atoms with Crippen molar-refractivity contribution in [3.8, 4) is 0 Å². The van der Waals surface area contributed by atoms with Crippen LogP contribution in [0.4, 0.5) is 8.78 Å². The Kier molecular flexibility index (Phi) is 2.30. The largest absolute Gasteiger partial charge is 0.392 e. The smallest absolute Gasteiger partial charge is 0.130 e. The Hall–Kier alpha value is -0.960. The fraction of sp³-hybridized carbons (Fsp3) is 0.500. The van der Waals surface area contributed by atoms with Gasteiger partial charge in [-0.15, -0.1) is 0 Å². The van der Waals surface area contributed by atoms with E-state index in [4.69, 9.17) is 0 Å². The summed E-state index contributed by atoms with van der Waals surface area (Å²) in [5, 5.41) is 9.58. The number of benzene rings is 1. The van der Waals surface area contributed by atoms with E-state index in [9.17, 15) is 13.9 Å². The van der Waals surface area contributed by atoms with Gasteiger partial charge < -0.3 is 5.11 Å². The van der Waals surface area contributed by atoms with Gasteiger partial charge in [-0.2, -0.15) is 0 Å². The quantitative estimate of drug-likeness (QED) is 0.799. The molecule has 1 N–H and O–H groups in total. The minimum absolute atomic E-state index is 0.0584. The van der Waals surface area contributed by atoms with Gasteiger partial charge in [0.15, 0.2) is 0 Å². The van der Waals surface area contributed by atoms with E-state index in [1.54, 1.807) is 13.8 Å². The molecule has 0 bridgehead atoms. The fourth-order valence-corrected chi connectivity index (χ4v) is 2.19. The molecule has 0 saturated heterocycles. The molecule has 3 heteroatoms. The lowest BCUT2D eigenvalue weighted by atomic mass is 9.89. The SMILES string of the molecule is Cc1cc(F)c(C2(C(C)O)CC2)c(F)c1. The van der Waals surface area contributed by atoms with Crippen LogP contribution in [0.2, 0.25) is 0 Å². The van der Waals surface area contributed by atoms with Gasteiger partial charge in [-0.05, 0) is 44.4 Å². The van der Waals surface area contributed by atoms with Crippen LogP contribution in [0, 0.1) is 18.6 Å².